The minimum atomic E-state index is -0.635. The number of aromatic nitrogens is 2. The highest BCUT2D eigenvalue weighted by Gasteiger charge is 2.39. The summed E-state index contributed by atoms with van der Waals surface area (Å²) in [6.07, 6.45) is 1.49. The molecule has 1 aromatic heterocycles. The van der Waals surface area contributed by atoms with E-state index in [1.54, 1.807) is 0 Å². The topological polar surface area (TPSA) is 38.0 Å². The minimum absolute atomic E-state index is 0.197. The molecule has 108 valence electrons. The van der Waals surface area contributed by atoms with E-state index in [2.05, 4.69) is 31.1 Å². The molecule has 3 rings (SSSR count). The third-order valence-electron chi connectivity index (χ3n) is 4.00. The van der Waals surface area contributed by atoms with Crippen molar-refractivity contribution >= 4 is 22.7 Å². The molecular weight excluding hydrogens is 268 g/mol. The number of thioether (sulfide) groups is 1. The lowest BCUT2D eigenvalue weighted by atomic mass is 9.79. The smallest absolute Gasteiger partial charge is 0.0799 e. The van der Waals surface area contributed by atoms with E-state index < -0.39 is 5.60 Å². The molecule has 0 radical (unpaired) electrons. The number of aryl methyl sites for hydroxylation is 1. The Morgan fingerprint density at radius 2 is 2.05 bits per heavy atom. The molecule has 1 N–H and O–H groups in total. The van der Waals surface area contributed by atoms with Crippen molar-refractivity contribution in [1.82, 2.24) is 9.78 Å². The molecule has 1 atom stereocenters. The predicted octanol–water partition coefficient (Wildman–Crippen LogP) is 3.01. The number of rotatable bonds is 2. The van der Waals surface area contributed by atoms with Gasteiger partial charge in [-0.1, -0.05) is 32.0 Å². The zero-order chi connectivity index (χ0) is 14.4. The van der Waals surface area contributed by atoms with Crippen LogP contribution >= 0.6 is 11.8 Å². The summed E-state index contributed by atoms with van der Waals surface area (Å²) in [5.74, 6) is 1.93. The summed E-state index contributed by atoms with van der Waals surface area (Å²) in [7, 11) is 1.97. The van der Waals surface area contributed by atoms with Gasteiger partial charge in [-0.3, -0.25) is 4.68 Å². The molecule has 4 heteroatoms. The first-order valence-electron chi connectivity index (χ1n) is 7.09. The molecule has 0 aliphatic carbocycles. The molecule has 0 bridgehead atoms. The average Bonchev–Trinajstić information content (AvgIpc) is 2.65. The van der Waals surface area contributed by atoms with E-state index >= 15 is 0 Å². The van der Waals surface area contributed by atoms with Gasteiger partial charge in [0.05, 0.1) is 16.8 Å². The van der Waals surface area contributed by atoms with Gasteiger partial charge in [0.2, 0.25) is 0 Å². The molecule has 1 aliphatic rings. The highest BCUT2D eigenvalue weighted by molar-refractivity contribution is 7.99. The number of nitrogens with zero attached hydrogens (tertiary/aromatic N) is 2. The van der Waals surface area contributed by atoms with Crippen LogP contribution in [0.3, 0.4) is 0 Å². The van der Waals surface area contributed by atoms with Gasteiger partial charge in [-0.2, -0.15) is 16.9 Å². The Hall–Kier alpha value is -1.00. The summed E-state index contributed by atoms with van der Waals surface area (Å²) in [5, 5.41) is 16.7. The van der Waals surface area contributed by atoms with Gasteiger partial charge in [-0.25, -0.2) is 0 Å². The van der Waals surface area contributed by atoms with Crippen molar-refractivity contribution in [3.63, 3.8) is 0 Å². The lowest BCUT2D eigenvalue weighted by Crippen LogP contribution is -2.44. The number of benzene rings is 1. The van der Waals surface area contributed by atoms with Gasteiger partial charge in [0.1, 0.15) is 0 Å². The lowest BCUT2D eigenvalue weighted by Gasteiger charge is -2.40. The summed E-state index contributed by atoms with van der Waals surface area (Å²) in [6.45, 7) is 4.47. The van der Waals surface area contributed by atoms with Crippen molar-refractivity contribution in [3.8, 4) is 0 Å². The van der Waals surface area contributed by atoms with Crippen LogP contribution in [0.15, 0.2) is 24.3 Å². The van der Waals surface area contributed by atoms with Gasteiger partial charge < -0.3 is 5.11 Å². The molecule has 1 unspecified atom stereocenters. The molecule has 0 spiro atoms. The molecule has 1 aromatic carbocycles. The third-order valence-corrected chi connectivity index (χ3v) is 5.73. The number of hydrogen-bond donors (Lipinski definition) is 1. The zero-order valence-electron chi connectivity index (χ0n) is 12.4. The van der Waals surface area contributed by atoms with E-state index in [4.69, 9.17) is 0 Å². The van der Waals surface area contributed by atoms with E-state index in [1.165, 1.54) is 0 Å². The summed E-state index contributed by atoms with van der Waals surface area (Å²) < 4.78 is 1.91. The Balaban J connectivity index is 1.93. The minimum Gasteiger partial charge on any atom is -0.389 e. The Bertz CT molecular complexity index is 634. The standard InChI is InChI=1S/C16H22N2OS/c1-15(2)9-16(19,11-20-10-15)8-13-12-6-4-5-7-14(12)18(3)17-13/h4-7,19H,8-11H2,1-3H3. The number of fused-ring (bicyclic) bond motifs is 1. The summed E-state index contributed by atoms with van der Waals surface area (Å²) in [6, 6.07) is 8.25. The van der Waals surface area contributed by atoms with Crippen LogP contribution in [0.4, 0.5) is 0 Å². The average molecular weight is 290 g/mol. The molecule has 1 aliphatic heterocycles. The van der Waals surface area contributed by atoms with E-state index in [-0.39, 0.29) is 5.41 Å². The van der Waals surface area contributed by atoms with Crippen LogP contribution in [-0.4, -0.2) is 32.0 Å². The van der Waals surface area contributed by atoms with Crippen molar-refractivity contribution < 1.29 is 5.11 Å². The van der Waals surface area contributed by atoms with Crippen LogP contribution in [0, 0.1) is 5.41 Å². The van der Waals surface area contributed by atoms with Gasteiger partial charge in [-0.15, -0.1) is 0 Å². The quantitative estimate of drug-likeness (QED) is 0.924. The Morgan fingerprint density at radius 3 is 2.80 bits per heavy atom. The first-order chi connectivity index (χ1) is 9.39. The normalized spacial score (nSPS) is 26.0. The Kier molecular flexibility index (Phi) is 3.33. The maximum Gasteiger partial charge on any atom is 0.0799 e. The SMILES string of the molecule is Cn1nc(CC2(O)CSCC(C)(C)C2)c2ccccc21. The number of para-hydroxylation sites is 1. The molecule has 1 saturated heterocycles. The summed E-state index contributed by atoms with van der Waals surface area (Å²) in [5.41, 5.74) is 1.71. The fourth-order valence-electron chi connectivity index (χ4n) is 3.35. The summed E-state index contributed by atoms with van der Waals surface area (Å²) in [4.78, 5) is 0. The van der Waals surface area contributed by atoms with E-state index in [1.807, 2.05) is 35.6 Å². The molecule has 0 amide bonds. The number of hydrogen-bond acceptors (Lipinski definition) is 3. The number of aliphatic hydroxyl groups is 1. The van der Waals surface area contributed by atoms with Crippen LogP contribution in [0.5, 0.6) is 0 Å². The van der Waals surface area contributed by atoms with E-state index in [0.717, 1.165) is 34.5 Å². The van der Waals surface area contributed by atoms with Crippen molar-refractivity contribution in [1.29, 1.82) is 0 Å². The maximum atomic E-state index is 11.0. The van der Waals surface area contributed by atoms with Gasteiger partial charge in [0, 0.05) is 24.6 Å². The summed E-state index contributed by atoms with van der Waals surface area (Å²) >= 11 is 1.86. The third kappa shape index (κ3) is 2.59. The van der Waals surface area contributed by atoms with Crippen LogP contribution in [0.2, 0.25) is 0 Å². The largest absolute Gasteiger partial charge is 0.389 e. The molecule has 3 nitrogen and oxygen atoms in total. The van der Waals surface area contributed by atoms with Crippen molar-refractivity contribution in [2.45, 2.75) is 32.3 Å². The zero-order valence-corrected chi connectivity index (χ0v) is 13.2. The molecule has 20 heavy (non-hydrogen) atoms. The monoisotopic (exact) mass is 290 g/mol. The van der Waals surface area contributed by atoms with Gasteiger partial charge in [-0.05, 0) is 23.7 Å². The van der Waals surface area contributed by atoms with Gasteiger partial charge in [0.25, 0.3) is 0 Å². The van der Waals surface area contributed by atoms with Crippen LogP contribution in [0.25, 0.3) is 10.9 Å². The van der Waals surface area contributed by atoms with Crippen molar-refractivity contribution in [2.75, 3.05) is 11.5 Å². The molecule has 1 fully saturated rings. The van der Waals surface area contributed by atoms with Crippen LogP contribution in [0.1, 0.15) is 26.0 Å². The lowest BCUT2D eigenvalue weighted by molar-refractivity contribution is 0.0193. The van der Waals surface area contributed by atoms with Crippen molar-refractivity contribution in [3.05, 3.63) is 30.0 Å². The molecule has 2 heterocycles. The fourth-order valence-corrected chi connectivity index (χ4v) is 4.70. The van der Waals surface area contributed by atoms with Gasteiger partial charge >= 0.3 is 0 Å². The molecule has 2 aromatic rings. The second-order valence-corrected chi connectivity index (χ2v) is 7.81. The van der Waals surface area contributed by atoms with Gasteiger partial charge in [0.15, 0.2) is 0 Å². The fraction of sp³-hybridized carbons (Fsp3) is 0.562. The second-order valence-electron chi connectivity index (χ2n) is 6.82. The Morgan fingerprint density at radius 1 is 1.30 bits per heavy atom. The highest BCUT2D eigenvalue weighted by Crippen LogP contribution is 2.41. The first kappa shape index (κ1) is 14.0. The predicted molar refractivity (Wildman–Crippen MR) is 85.1 cm³/mol. The van der Waals surface area contributed by atoms with E-state index in [0.29, 0.717) is 6.42 Å². The Labute approximate surface area is 124 Å². The van der Waals surface area contributed by atoms with Crippen LogP contribution in [-0.2, 0) is 13.5 Å². The van der Waals surface area contributed by atoms with Crippen molar-refractivity contribution in [2.24, 2.45) is 12.5 Å². The molecule has 0 saturated carbocycles. The first-order valence-corrected chi connectivity index (χ1v) is 8.25. The maximum absolute atomic E-state index is 11.0. The second kappa shape index (κ2) is 4.78. The van der Waals surface area contributed by atoms with E-state index in [9.17, 15) is 5.11 Å². The highest BCUT2D eigenvalue weighted by atomic mass is 32.2. The van der Waals surface area contributed by atoms with Crippen LogP contribution < -0.4 is 0 Å². The molecular formula is C16H22N2OS.